The molecule has 20 heavy (non-hydrogen) atoms. The van der Waals surface area contributed by atoms with Gasteiger partial charge in [-0.25, -0.2) is 13.1 Å². The van der Waals surface area contributed by atoms with E-state index in [2.05, 4.69) is 25.6 Å². The summed E-state index contributed by atoms with van der Waals surface area (Å²) in [6.07, 6.45) is 0. The minimum absolute atomic E-state index is 0.0278. The average Bonchev–Trinajstić information content (AvgIpc) is 2.77. The van der Waals surface area contributed by atoms with Crippen LogP contribution in [0.25, 0.3) is 0 Å². The molecule has 6 nitrogen and oxygen atoms in total. The summed E-state index contributed by atoms with van der Waals surface area (Å²) >= 11 is 9.89. The smallest absolute Gasteiger partial charge is 0.304 e. The highest BCUT2D eigenvalue weighted by Gasteiger charge is 2.20. The highest BCUT2D eigenvalue weighted by Crippen LogP contribution is 2.31. The summed E-state index contributed by atoms with van der Waals surface area (Å²) in [6.45, 7) is -0.0278. The molecule has 4 N–H and O–H groups in total. The van der Waals surface area contributed by atoms with E-state index in [1.165, 1.54) is 12.1 Å². The maximum Gasteiger partial charge on any atom is 0.304 e. The van der Waals surface area contributed by atoms with Crippen LogP contribution >= 0.6 is 38.9 Å². The van der Waals surface area contributed by atoms with Crippen molar-refractivity contribution >= 4 is 54.6 Å². The molecule has 10 heteroatoms. The van der Waals surface area contributed by atoms with E-state index >= 15 is 0 Å². The van der Waals surface area contributed by atoms with E-state index in [1.54, 1.807) is 5.38 Å². The first-order chi connectivity index (χ1) is 9.29. The van der Waals surface area contributed by atoms with Crippen molar-refractivity contribution in [2.45, 2.75) is 11.4 Å². The Kier molecular flexibility index (Phi) is 4.55. The molecule has 0 unspecified atom stereocenters. The van der Waals surface area contributed by atoms with Crippen LogP contribution in [-0.4, -0.2) is 13.4 Å². The Hall–Kier alpha value is -0.870. The zero-order valence-electron chi connectivity index (χ0n) is 9.81. The van der Waals surface area contributed by atoms with Gasteiger partial charge in [0.15, 0.2) is 0 Å². The van der Waals surface area contributed by atoms with Crippen LogP contribution in [0.4, 0.5) is 5.69 Å². The fourth-order valence-electron chi connectivity index (χ4n) is 1.43. The van der Waals surface area contributed by atoms with Gasteiger partial charge in [-0.05, 0) is 28.1 Å². The van der Waals surface area contributed by atoms with Gasteiger partial charge < -0.3 is 10.7 Å². The van der Waals surface area contributed by atoms with Crippen molar-refractivity contribution in [2.75, 3.05) is 5.73 Å². The van der Waals surface area contributed by atoms with E-state index in [-0.39, 0.29) is 31.5 Å². The molecular weight excluding hydrogens is 390 g/mol. The third kappa shape index (κ3) is 3.41. The minimum atomic E-state index is -3.80. The van der Waals surface area contributed by atoms with Crippen molar-refractivity contribution in [3.05, 3.63) is 42.4 Å². The maximum atomic E-state index is 12.2. The monoisotopic (exact) mass is 397 g/mol. The van der Waals surface area contributed by atoms with Crippen LogP contribution in [-0.2, 0) is 16.6 Å². The zero-order valence-corrected chi connectivity index (χ0v) is 13.8. The topological polar surface area (TPSA) is 105 Å². The zero-order chi connectivity index (χ0) is 14.9. The van der Waals surface area contributed by atoms with E-state index in [0.717, 1.165) is 11.3 Å². The molecule has 0 spiro atoms. The molecule has 108 valence electrons. The number of nitrogens with two attached hydrogens (primary N) is 1. The third-order valence-electron chi connectivity index (χ3n) is 2.35. The molecular formula is C10H9BrClN3O3S2. The molecule has 1 aromatic carbocycles. The molecule has 0 amide bonds. The Morgan fingerprint density at radius 1 is 1.45 bits per heavy atom. The van der Waals surface area contributed by atoms with Crippen molar-refractivity contribution in [1.82, 2.24) is 9.71 Å². The molecule has 0 atom stereocenters. The number of halogens is 2. The molecule has 0 aliphatic heterocycles. The second-order valence-corrected chi connectivity index (χ2v) is 7.61. The van der Waals surface area contributed by atoms with Gasteiger partial charge in [-0.3, -0.25) is 4.79 Å². The SMILES string of the molecule is Nc1cc(Cl)cc(S(=O)(=O)NCc2csc(=O)[nH]2)c1Br. The summed E-state index contributed by atoms with van der Waals surface area (Å²) in [5, 5.41) is 1.77. The van der Waals surface area contributed by atoms with Gasteiger partial charge in [0.25, 0.3) is 0 Å². The average molecular weight is 399 g/mol. The number of nitrogens with one attached hydrogen (secondary N) is 2. The van der Waals surface area contributed by atoms with Crippen LogP contribution in [0.3, 0.4) is 0 Å². The predicted molar refractivity (Wildman–Crippen MR) is 82.5 cm³/mol. The summed E-state index contributed by atoms with van der Waals surface area (Å²) in [4.78, 5) is 13.2. The van der Waals surface area contributed by atoms with Crippen LogP contribution in [0, 0.1) is 0 Å². The van der Waals surface area contributed by atoms with E-state index in [0.29, 0.717) is 5.69 Å². The Bertz CT molecular complexity index is 800. The number of hydrogen-bond donors (Lipinski definition) is 3. The van der Waals surface area contributed by atoms with Gasteiger partial charge in [0, 0.05) is 21.8 Å². The fraction of sp³-hybridized carbons (Fsp3) is 0.100. The Morgan fingerprint density at radius 2 is 2.15 bits per heavy atom. The lowest BCUT2D eigenvalue weighted by atomic mass is 10.3. The Labute approximate surface area is 132 Å². The first-order valence-electron chi connectivity index (χ1n) is 5.20. The third-order valence-corrected chi connectivity index (χ3v) is 5.85. The quantitative estimate of drug-likeness (QED) is 0.684. The highest BCUT2D eigenvalue weighted by atomic mass is 79.9. The van der Waals surface area contributed by atoms with Crippen LogP contribution in [0.5, 0.6) is 0 Å². The lowest BCUT2D eigenvalue weighted by Crippen LogP contribution is -2.24. The van der Waals surface area contributed by atoms with Gasteiger partial charge in [-0.1, -0.05) is 22.9 Å². The van der Waals surface area contributed by atoms with Crippen molar-refractivity contribution in [3.8, 4) is 0 Å². The number of aromatic amines is 1. The number of H-pyrrole nitrogens is 1. The van der Waals surface area contributed by atoms with Crippen molar-refractivity contribution in [1.29, 1.82) is 0 Å². The number of anilines is 1. The van der Waals surface area contributed by atoms with Crippen LogP contribution in [0.1, 0.15) is 5.69 Å². The fourth-order valence-corrected chi connectivity index (χ4v) is 4.31. The van der Waals surface area contributed by atoms with E-state index in [4.69, 9.17) is 17.3 Å². The minimum Gasteiger partial charge on any atom is -0.398 e. The van der Waals surface area contributed by atoms with Crippen molar-refractivity contribution < 1.29 is 8.42 Å². The summed E-state index contributed by atoms with van der Waals surface area (Å²) in [5.74, 6) is 0. The number of aromatic nitrogens is 1. The van der Waals surface area contributed by atoms with E-state index in [1.807, 2.05) is 0 Å². The molecule has 0 aliphatic carbocycles. The molecule has 0 radical (unpaired) electrons. The second kappa shape index (κ2) is 5.86. The maximum absolute atomic E-state index is 12.2. The number of hydrogen-bond acceptors (Lipinski definition) is 5. The number of nitrogen functional groups attached to an aromatic ring is 1. The molecule has 0 bridgehead atoms. The lowest BCUT2D eigenvalue weighted by Gasteiger charge is -2.10. The van der Waals surface area contributed by atoms with Crippen LogP contribution in [0.2, 0.25) is 5.02 Å². The molecule has 2 aromatic rings. The lowest BCUT2D eigenvalue weighted by molar-refractivity contribution is 0.580. The first-order valence-corrected chi connectivity index (χ1v) is 8.74. The van der Waals surface area contributed by atoms with Crippen LogP contribution in [0.15, 0.2) is 31.7 Å². The molecule has 0 fully saturated rings. The summed E-state index contributed by atoms with van der Waals surface area (Å²) in [6, 6.07) is 2.74. The van der Waals surface area contributed by atoms with E-state index in [9.17, 15) is 13.2 Å². The summed E-state index contributed by atoms with van der Waals surface area (Å²) < 4.78 is 27.0. The van der Waals surface area contributed by atoms with Gasteiger partial charge in [0.2, 0.25) is 10.0 Å². The highest BCUT2D eigenvalue weighted by molar-refractivity contribution is 9.10. The molecule has 0 aliphatic rings. The van der Waals surface area contributed by atoms with Crippen molar-refractivity contribution in [2.24, 2.45) is 0 Å². The number of thiazole rings is 1. The molecule has 0 saturated carbocycles. The van der Waals surface area contributed by atoms with Gasteiger partial charge in [0.1, 0.15) is 0 Å². The normalized spacial score (nSPS) is 11.7. The first kappa shape index (κ1) is 15.5. The van der Waals surface area contributed by atoms with E-state index < -0.39 is 10.0 Å². The van der Waals surface area contributed by atoms with Crippen molar-refractivity contribution in [3.63, 3.8) is 0 Å². The molecule has 0 saturated heterocycles. The summed E-state index contributed by atoms with van der Waals surface area (Å²) in [7, 11) is -3.80. The number of sulfonamides is 1. The van der Waals surface area contributed by atoms with Gasteiger partial charge in [0.05, 0.1) is 15.9 Å². The van der Waals surface area contributed by atoms with Crippen LogP contribution < -0.4 is 15.3 Å². The Morgan fingerprint density at radius 3 is 2.75 bits per heavy atom. The Balaban J connectivity index is 2.29. The largest absolute Gasteiger partial charge is 0.398 e. The standard InChI is InChI=1S/C10H9BrClN3O3S2/c11-9-7(13)1-5(12)2-8(9)20(17,18)14-3-6-4-19-10(16)15-6/h1-2,4,14H,3,13H2,(H,15,16). The van der Waals surface area contributed by atoms with Gasteiger partial charge in [-0.2, -0.15) is 0 Å². The molecule has 1 heterocycles. The number of benzene rings is 1. The predicted octanol–water partition coefficient (Wildman–Crippen LogP) is 1.91. The van der Waals surface area contributed by atoms with Gasteiger partial charge >= 0.3 is 4.87 Å². The molecule has 2 rings (SSSR count). The molecule has 1 aromatic heterocycles. The summed E-state index contributed by atoms with van der Waals surface area (Å²) in [5.41, 5.74) is 6.36. The second-order valence-electron chi connectivity index (χ2n) is 3.81. The van der Waals surface area contributed by atoms with Gasteiger partial charge in [-0.15, -0.1) is 0 Å². The number of rotatable bonds is 4.